The van der Waals surface area contributed by atoms with E-state index in [1.165, 1.54) is 47.4 Å². The molecule has 9 nitrogen and oxygen atoms in total. The molecule has 0 bridgehead atoms. The summed E-state index contributed by atoms with van der Waals surface area (Å²) in [4.78, 5) is 21.5. The molecule has 2 N–H and O–H groups in total. The number of rotatable bonds is 7. The summed E-state index contributed by atoms with van der Waals surface area (Å²) in [6, 6.07) is 9.47. The summed E-state index contributed by atoms with van der Waals surface area (Å²) in [5.41, 5.74) is 3.86. The number of sulfonamides is 1. The number of amides is 1. The van der Waals surface area contributed by atoms with Gasteiger partial charge in [0.25, 0.3) is 5.91 Å². The smallest absolute Gasteiger partial charge is 0.273 e. The van der Waals surface area contributed by atoms with E-state index in [0.717, 1.165) is 18.9 Å². The van der Waals surface area contributed by atoms with Crippen molar-refractivity contribution in [1.29, 1.82) is 0 Å². The van der Waals surface area contributed by atoms with Crippen molar-refractivity contribution in [2.24, 2.45) is 5.92 Å². The molecule has 0 saturated carbocycles. The highest BCUT2D eigenvalue weighted by Gasteiger charge is 2.25. The minimum atomic E-state index is -4.02. The molecule has 198 valence electrons. The van der Waals surface area contributed by atoms with Crippen molar-refractivity contribution >= 4 is 26.8 Å². The number of fused-ring (bicyclic) bond motifs is 1. The zero-order chi connectivity index (χ0) is 26.9. The molecule has 3 heterocycles. The molecule has 1 aliphatic rings. The number of nitrogens with one attached hydrogen (secondary N) is 2. The van der Waals surface area contributed by atoms with Gasteiger partial charge in [0.2, 0.25) is 10.0 Å². The van der Waals surface area contributed by atoms with Gasteiger partial charge >= 0.3 is 0 Å². The van der Waals surface area contributed by atoms with Gasteiger partial charge in [0.05, 0.1) is 16.8 Å². The van der Waals surface area contributed by atoms with Crippen LogP contribution in [-0.4, -0.2) is 48.7 Å². The molecule has 38 heavy (non-hydrogen) atoms. The van der Waals surface area contributed by atoms with E-state index in [4.69, 9.17) is 4.74 Å². The number of benzene rings is 2. The molecule has 1 fully saturated rings. The Morgan fingerprint density at radius 3 is 2.63 bits per heavy atom. The van der Waals surface area contributed by atoms with Crippen LogP contribution in [0.1, 0.15) is 28.9 Å². The molecule has 1 aliphatic heterocycles. The molecular formula is C26H25F2N5O4S. The van der Waals surface area contributed by atoms with Gasteiger partial charge in [-0.3, -0.25) is 14.9 Å². The first-order valence-electron chi connectivity index (χ1n) is 12.0. The molecular weight excluding hydrogens is 516 g/mol. The highest BCUT2D eigenvalue weighted by Crippen LogP contribution is 2.27. The third kappa shape index (κ3) is 5.42. The molecule has 5 rings (SSSR count). The second-order valence-electron chi connectivity index (χ2n) is 9.08. The minimum Gasteiger partial charge on any atom is -0.381 e. The molecule has 0 unspecified atom stereocenters. The lowest BCUT2D eigenvalue weighted by Crippen LogP contribution is -2.32. The Kier molecular flexibility index (Phi) is 7.19. The largest absolute Gasteiger partial charge is 0.381 e. The number of hydrogen-bond acceptors (Lipinski definition) is 6. The van der Waals surface area contributed by atoms with Crippen LogP contribution in [0.5, 0.6) is 0 Å². The molecule has 1 saturated heterocycles. The van der Waals surface area contributed by atoms with E-state index in [-0.39, 0.29) is 34.1 Å². The molecule has 0 atom stereocenters. The Labute approximate surface area is 217 Å². The highest BCUT2D eigenvalue weighted by atomic mass is 32.2. The van der Waals surface area contributed by atoms with Crippen LogP contribution in [0, 0.1) is 24.5 Å². The molecule has 0 spiro atoms. The van der Waals surface area contributed by atoms with Gasteiger partial charge in [0.15, 0.2) is 5.82 Å². The predicted octanol–water partition coefficient (Wildman–Crippen LogP) is 3.77. The molecule has 0 aliphatic carbocycles. The topological polar surface area (TPSA) is 115 Å². The van der Waals surface area contributed by atoms with E-state index in [1.807, 2.05) is 0 Å². The molecule has 12 heteroatoms. The van der Waals surface area contributed by atoms with Crippen LogP contribution in [0.4, 0.5) is 8.78 Å². The number of nitrogens with zero attached hydrogens (tertiary/aromatic N) is 3. The second-order valence-corrected chi connectivity index (χ2v) is 10.8. The van der Waals surface area contributed by atoms with Gasteiger partial charge in [0.1, 0.15) is 16.5 Å². The van der Waals surface area contributed by atoms with Crippen molar-refractivity contribution in [3.8, 4) is 11.4 Å². The number of aromatic nitrogens is 3. The number of ether oxygens (including phenoxy) is 1. The van der Waals surface area contributed by atoms with Gasteiger partial charge < -0.3 is 4.74 Å². The first-order valence-corrected chi connectivity index (χ1v) is 13.5. The van der Waals surface area contributed by atoms with Crippen molar-refractivity contribution in [3.63, 3.8) is 0 Å². The Bertz CT molecular complexity index is 1620. The lowest BCUT2D eigenvalue weighted by atomic mass is 10.0. The average molecular weight is 542 g/mol. The summed E-state index contributed by atoms with van der Waals surface area (Å²) >= 11 is 0. The second kappa shape index (κ2) is 10.6. The number of carbonyl (C=O) groups is 1. The first kappa shape index (κ1) is 25.9. The van der Waals surface area contributed by atoms with E-state index in [2.05, 4.69) is 20.1 Å². The monoisotopic (exact) mass is 541 g/mol. The lowest BCUT2D eigenvalue weighted by molar-refractivity contribution is 0.0678. The third-order valence-electron chi connectivity index (χ3n) is 6.45. The Morgan fingerprint density at radius 2 is 1.89 bits per heavy atom. The fourth-order valence-electron chi connectivity index (χ4n) is 4.36. The quantitative estimate of drug-likeness (QED) is 0.368. The SMILES string of the molecule is Cc1nc(-c2cccc(F)c2)ncc1C(=O)Nn1cc(S(=O)(=O)NCC2CCOCC2)c2cc(F)ccc21. The van der Waals surface area contributed by atoms with Crippen LogP contribution in [0.15, 0.2) is 59.8 Å². The van der Waals surface area contributed by atoms with Crippen molar-refractivity contribution in [1.82, 2.24) is 19.4 Å². The van der Waals surface area contributed by atoms with Crippen LogP contribution in [0.3, 0.4) is 0 Å². The number of halogens is 2. The third-order valence-corrected chi connectivity index (χ3v) is 7.90. The van der Waals surface area contributed by atoms with Crippen LogP contribution in [0.25, 0.3) is 22.3 Å². The van der Waals surface area contributed by atoms with Gasteiger partial charge in [-0.2, -0.15) is 0 Å². The standard InChI is InChI=1S/C26H25F2N5O4S/c1-16-22(14-29-25(31-16)18-3-2-4-19(27)11-18)26(34)32-33-15-24(21-12-20(28)5-6-23(21)33)38(35,36)30-13-17-7-9-37-10-8-17/h2-6,11-12,14-15,17,30H,7-10,13H2,1H3,(H,32,34). The summed E-state index contributed by atoms with van der Waals surface area (Å²) in [7, 11) is -4.02. The summed E-state index contributed by atoms with van der Waals surface area (Å²) in [5.74, 6) is -1.26. The first-order chi connectivity index (χ1) is 18.2. The maximum absolute atomic E-state index is 14.1. The van der Waals surface area contributed by atoms with Crippen molar-refractivity contribution in [2.45, 2.75) is 24.7 Å². The van der Waals surface area contributed by atoms with E-state index >= 15 is 0 Å². The van der Waals surface area contributed by atoms with Gasteiger partial charge in [-0.25, -0.2) is 31.9 Å². The van der Waals surface area contributed by atoms with Crippen molar-refractivity contribution in [3.05, 3.63) is 77.8 Å². The Hall–Kier alpha value is -3.74. The summed E-state index contributed by atoms with van der Waals surface area (Å²) in [5, 5.41) is 0.124. The van der Waals surface area contributed by atoms with Gasteiger partial charge in [0, 0.05) is 43.1 Å². The van der Waals surface area contributed by atoms with E-state index in [9.17, 15) is 22.0 Å². The van der Waals surface area contributed by atoms with Gasteiger partial charge in [-0.1, -0.05) is 12.1 Å². The highest BCUT2D eigenvalue weighted by molar-refractivity contribution is 7.89. The zero-order valence-corrected chi connectivity index (χ0v) is 21.3. The maximum atomic E-state index is 14.1. The minimum absolute atomic E-state index is 0.124. The van der Waals surface area contributed by atoms with Crippen LogP contribution in [0.2, 0.25) is 0 Å². The molecule has 2 aromatic heterocycles. The molecule has 1 amide bonds. The van der Waals surface area contributed by atoms with E-state index in [0.29, 0.717) is 30.0 Å². The maximum Gasteiger partial charge on any atom is 0.273 e. The molecule has 0 radical (unpaired) electrons. The summed E-state index contributed by atoms with van der Waals surface area (Å²) in [6.07, 6.45) is 4.05. The number of hydrogen-bond donors (Lipinski definition) is 2. The predicted molar refractivity (Wildman–Crippen MR) is 136 cm³/mol. The zero-order valence-electron chi connectivity index (χ0n) is 20.4. The lowest BCUT2D eigenvalue weighted by Gasteiger charge is -2.22. The summed E-state index contributed by atoms with van der Waals surface area (Å²) in [6.45, 7) is 3.00. The van der Waals surface area contributed by atoms with Gasteiger partial charge in [-0.05, 0) is 56.0 Å². The normalized spacial score (nSPS) is 14.6. The van der Waals surface area contributed by atoms with Crippen molar-refractivity contribution < 1.29 is 26.7 Å². The fraction of sp³-hybridized carbons (Fsp3) is 0.269. The number of carbonyl (C=O) groups excluding carboxylic acids is 1. The Morgan fingerprint density at radius 1 is 1.13 bits per heavy atom. The summed E-state index contributed by atoms with van der Waals surface area (Å²) < 4.78 is 63.2. The van der Waals surface area contributed by atoms with Crippen molar-refractivity contribution in [2.75, 3.05) is 25.2 Å². The molecule has 4 aromatic rings. The Balaban J connectivity index is 1.42. The van der Waals surface area contributed by atoms with Crippen LogP contribution >= 0.6 is 0 Å². The average Bonchev–Trinajstić information content (AvgIpc) is 3.26. The number of aryl methyl sites for hydroxylation is 1. The van der Waals surface area contributed by atoms with Gasteiger partial charge in [-0.15, -0.1) is 0 Å². The fourth-order valence-corrected chi connectivity index (χ4v) is 5.67. The van der Waals surface area contributed by atoms with E-state index < -0.39 is 27.6 Å². The van der Waals surface area contributed by atoms with Crippen LogP contribution < -0.4 is 10.1 Å². The van der Waals surface area contributed by atoms with E-state index in [1.54, 1.807) is 13.0 Å². The molecule has 2 aromatic carbocycles. The van der Waals surface area contributed by atoms with Crippen LogP contribution in [-0.2, 0) is 14.8 Å².